The molecule has 1 unspecified atom stereocenters. The largest absolute Gasteiger partial charge is 0.363 e. The number of anilines is 2. The summed E-state index contributed by atoms with van der Waals surface area (Å²) in [6, 6.07) is 0. The van der Waals surface area contributed by atoms with Crippen LogP contribution in [-0.2, 0) is 10.8 Å². The standard InChI is InChI=1S/C11H19N5O3S/c1-3-5-13-11-14-8-9(16(17)18)10(15-11)12-6-7-20(19)4-2/h8H,3-7H2,1-2H3,(H2,12,13,14,15). The highest BCUT2D eigenvalue weighted by atomic mass is 32.2. The molecule has 0 aliphatic carbocycles. The number of nitrogens with one attached hydrogen (secondary N) is 2. The van der Waals surface area contributed by atoms with E-state index in [1.54, 1.807) is 0 Å². The van der Waals surface area contributed by atoms with Gasteiger partial charge in [-0.1, -0.05) is 13.8 Å². The second-order valence-corrected chi connectivity index (χ2v) is 5.84. The van der Waals surface area contributed by atoms with Crippen molar-refractivity contribution in [1.82, 2.24) is 9.97 Å². The van der Waals surface area contributed by atoms with Crippen LogP contribution in [0.3, 0.4) is 0 Å². The van der Waals surface area contributed by atoms with E-state index in [4.69, 9.17) is 0 Å². The molecule has 1 atom stereocenters. The highest BCUT2D eigenvalue weighted by molar-refractivity contribution is 7.84. The molecule has 0 aromatic carbocycles. The Morgan fingerprint density at radius 2 is 2.10 bits per heavy atom. The van der Waals surface area contributed by atoms with E-state index in [9.17, 15) is 14.3 Å². The fraction of sp³-hybridized carbons (Fsp3) is 0.636. The van der Waals surface area contributed by atoms with Crippen LogP contribution in [-0.4, -0.2) is 43.7 Å². The minimum absolute atomic E-state index is 0.150. The molecule has 0 saturated carbocycles. The number of nitro groups is 1. The lowest BCUT2D eigenvalue weighted by atomic mass is 10.4. The molecule has 0 spiro atoms. The molecular formula is C11H19N5O3S. The van der Waals surface area contributed by atoms with Crippen LogP contribution in [0.4, 0.5) is 17.5 Å². The summed E-state index contributed by atoms with van der Waals surface area (Å²) in [7, 11) is -0.920. The van der Waals surface area contributed by atoms with Crippen LogP contribution in [0.5, 0.6) is 0 Å². The van der Waals surface area contributed by atoms with Gasteiger partial charge in [0.25, 0.3) is 0 Å². The van der Waals surface area contributed by atoms with E-state index < -0.39 is 15.7 Å². The van der Waals surface area contributed by atoms with E-state index in [0.717, 1.165) is 6.42 Å². The summed E-state index contributed by atoms with van der Waals surface area (Å²) in [5, 5.41) is 16.7. The molecule has 9 heteroatoms. The van der Waals surface area contributed by atoms with Gasteiger partial charge in [-0.05, 0) is 6.42 Å². The molecule has 112 valence electrons. The highest BCUT2D eigenvalue weighted by Crippen LogP contribution is 2.21. The minimum Gasteiger partial charge on any atom is -0.363 e. The number of hydrogen-bond donors (Lipinski definition) is 2. The molecule has 0 aliphatic heterocycles. The maximum atomic E-state index is 11.3. The second-order valence-electron chi connectivity index (χ2n) is 3.97. The lowest BCUT2D eigenvalue weighted by molar-refractivity contribution is -0.384. The van der Waals surface area contributed by atoms with Crippen molar-refractivity contribution in [2.24, 2.45) is 0 Å². The molecule has 1 rings (SSSR count). The van der Waals surface area contributed by atoms with Crippen molar-refractivity contribution in [1.29, 1.82) is 0 Å². The van der Waals surface area contributed by atoms with Crippen molar-refractivity contribution in [3.05, 3.63) is 16.3 Å². The van der Waals surface area contributed by atoms with Crippen LogP contribution in [0.25, 0.3) is 0 Å². The first-order valence-electron chi connectivity index (χ1n) is 6.42. The molecule has 1 aromatic rings. The first-order valence-corrected chi connectivity index (χ1v) is 7.91. The van der Waals surface area contributed by atoms with Gasteiger partial charge in [-0.3, -0.25) is 14.3 Å². The molecule has 0 saturated heterocycles. The van der Waals surface area contributed by atoms with Gasteiger partial charge >= 0.3 is 5.69 Å². The SMILES string of the molecule is CCCNc1ncc([N+](=O)[O-])c(NCCS(=O)CC)n1. The Morgan fingerprint density at radius 1 is 1.35 bits per heavy atom. The summed E-state index contributed by atoms with van der Waals surface area (Å²) in [5.74, 6) is 1.49. The Bertz CT molecular complexity index is 483. The lowest BCUT2D eigenvalue weighted by Crippen LogP contribution is -2.15. The van der Waals surface area contributed by atoms with Crippen LogP contribution in [0.2, 0.25) is 0 Å². The van der Waals surface area contributed by atoms with Gasteiger partial charge < -0.3 is 10.6 Å². The minimum atomic E-state index is -0.920. The molecule has 8 nitrogen and oxygen atoms in total. The third kappa shape index (κ3) is 5.08. The number of aromatic nitrogens is 2. The van der Waals surface area contributed by atoms with Gasteiger partial charge in [-0.15, -0.1) is 0 Å². The molecule has 20 heavy (non-hydrogen) atoms. The van der Waals surface area contributed by atoms with Crippen molar-refractivity contribution >= 4 is 28.3 Å². The smallest absolute Gasteiger partial charge is 0.329 e. The molecule has 0 radical (unpaired) electrons. The third-order valence-electron chi connectivity index (χ3n) is 2.44. The second kappa shape index (κ2) is 8.41. The van der Waals surface area contributed by atoms with Crippen LogP contribution < -0.4 is 10.6 Å². The first kappa shape index (κ1) is 16.3. The Morgan fingerprint density at radius 3 is 2.70 bits per heavy atom. The number of rotatable bonds is 9. The van der Waals surface area contributed by atoms with Crippen molar-refractivity contribution in [2.45, 2.75) is 20.3 Å². The van der Waals surface area contributed by atoms with Crippen molar-refractivity contribution in [3.63, 3.8) is 0 Å². The topological polar surface area (TPSA) is 110 Å². The molecule has 0 fully saturated rings. The van der Waals surface area contributed by atoms with E-state index in [1.165, 1.54) is 6.20 Å². The fourth-order valence-electron chi connectivity index (χ4n) is 1.39. The molecule has 1 heterocycles. The van der Waals surface area contributed by atoms with Crippen LogP contribution in [0, 0.1) is 10.1 Å². The van der Waals surface area contributed by atoms with Gasteiger partial charge in [-0.2, -0.15) is 4.98 Å². The summed E-state index contributed by atoms with van der Waals surface area (Å²) in [5.41, 5.74) is -0.186. The van der Waals surface area contributed by atoms with Gasteiger partial charge in [0.15, 0.2) is 0 Å². The fourth-order valence-corrected chi connectivity index (χ4v) is 2.01. The van der Waals surface area contributed by atoms with E-state index in [2.05, 4.69) is 20.6 Å². The average molecular weight is 301 g/mol. The summed E-state index contributed by atoms with van der Waals surface area (Å²) in [6.45, 7) is 4.89. The predicted octanol–water partition coefficient (Wildman–Crippen LogP) is 1.39. The summed E-state index contributed by atoms with van der Waals surface area (Å²) >= 11 is 0. The highest BCUT2D eigenvalue weighted by Gasteiger charge is 2.16. The van der Waals surface area contributed by atoms with Crippen LogP contribution in [0.1, 0.15) is 20.3 Å². The average Bonchev–Trinajstić information content (AvgIpc) is 2.44. The molecule has 0 bridgehead atoms. The Hall–Kier alpha value is -1.77. The number of nitrogens with zero attached hydrogens (tertiary/aromatic N) is 3. The van der Waals surface area contributed by atoms with Gasteiger partial charge in [0.1, 0.15) is 6.20 Å². The zero-order valence-electron chi connectivity index (χ0n) is 11.6. The maximum Gasteiger partial charge on any atom is 0.329 e. The van der Waals surface area contributed by atoms with Crippen molar-refractivity contribution in [2.75, 3.05) is 35.2 Å². The lowest BCUT2D eigenvalue weighted by Gasteiger charge is -2.08. The van der Waals surface area contributed by atoms with Gasteiger partial charge in [0.2, 0.25) is 11.8 Å². The Balaban J connectivity index is 2.77. The molecule has 0 aliphatic rings. The number of hydrogen-bond acceptors (Lipinski definition) is 7. The van der Waals surface area contributed by atoms with Gasteiger partial charge in [0.05, 0.1) is 4.92 Å². The van der Waals surface area contributed by atoms with Crippen LogP contribution in [0.15, 0.2) is 6.20 Å². The molecule has 1 aromatic heterocycles. The van der Waals surface area contributed by atoms with Crippen molar-refractivity contribution in [3.8, 4) is 0 Å². The predicted molar refractivity (Wildman–Crippen MR) is 79.5 cm³/mol. The zero-order chi connectivity index (χ0) is 15.0. The van der Waals surface area contributed by atoms with E-state index in [0.29, 0.717) is 30.5 Å². The Labute approximate surface area is 120 Å². The summed E-state index contributed by atoms with van der Waals surface area (Å²) < 4.78 is 11.3. The zero-order valence-corrected chi connectivity index (χ0v) is 12.4. The molecule has 0 amide bonds. The van der Waals surface area contributed by atoms with Gasteiger partial charge in [-0.25, -0.2) is 4.98 Å². The quantitative estimate of drug-likeness (QED) is 0.523. The van der Waals surface area contributed by atoms with E-state index in [-0.39, 0.29) is 11.5 Å². The third-order valence-corrected chi connectivity index (χ3v) is 3.75. The molecular weight excluding hydrogens is 282 g/mol. The summed E-state index contributed by atoms with van der Waals surface area (Å²) in [6.07, 6.45) is 2.07. The normalized spacial score (nSPS) is 11.9. The first-order chi connectivity index (χ1) is 9.58. The van der Waals surface area contributed by atoms with Crippen molar-refractivity contribution < 1.29 is 9.13 Å². The molecule has 2 N–H and O–H groups in total. The van der Waals surface area contributed by atoms with E-state index >= 15 is 0 Å². The Kier molecular flexibility index (Phi) is 6.85. The monoisotopic (exact) mass is 301 g/mol. The van der Waals surface area contributed by atoms with Gasteiger partial charge in [0, 0.05) is 35.4 Å². The maximum absolute atomic E-state index is 11.3. The summed E-state index contributed by atoms with van der Waals surface area (Å²) in [4.78, 5) is 18.3. The van der Waals surface area contributed by atoms with E-state index in [1.807, 2.05) is 13.8 Å². The van der Waals surface area contributed by atoms with Crippen LogP contribution >= 0.6 is 0 Å².